The van der Waals surface area contributed by atoms with E-state index in [-0.39, 0.29) is 10.6 Å². The van der Waals surface area contributed by atoms with Crippen LogP contribution in [0.1, 0.15) is 26.7 Å². The zero-order chi connectivity index (χ0) is 20.5. The molecule has 0 unspecified atom stereocenters. The first-order valence-electron chi connectivity index (χ1n) is 10.1. The molecule has 4 rings (SSSR count). The lowest BCUT2D eigenvalue weighted by atomic mass is 9.96. The van der Waals surface area contributed by atoms with Crippen molar-refractivity contribution >= 4 is 22.5 Å². The van der Waals surface area contributed by atoms with Gasteiger partial charge in [-0.05, 0) is 69.5 Å². The highest BCUT2D eigenvalue weighted by Crippen LogP contribution is 2.26. The van der Waals surface area contributed by atoms with Gasteiger partial charge in [0.15, 0.2) is 0 Å². The number of benzene rings is 2. The molecule has 1 aliphatic rings. The summed E-state index contributed by atoms with van der Waals surface area (Å²) in [6.07, 6.45) is 2.20. The lowest BCUT2D eigenvalue weighted by Crippen LogP contribution is -2.42. The summed E-state index contributed by atoms with van der Waals surface area (Å²) in [5, 5.41) is 0.626. The predicted octanol–water partition coefficient (Wildman–Crippen LogP) is 4.98. The van der Waals surface area contributed by atoms with Crippen molar-refractivity contribution in [2.24, 2.45) is 5.92 Å². The zero-order valence-electron chi connectivity index (χ0n) is 16.7. The van der Waals surface area contributed by atoms with Crippen molar-refractivity contribution in [2.75, 3.05) is 13.1 Å². The number of para-hydroxylation sites is 1. The summed E-state index contributed by atoms with van der Waals surface area (Å²) in [5.74, 6) is 0.420. The summed E-state index contributed by atoms with van der Waals surface area (Å²) in [6.45, 7) is 7.06. The van der Waals surface area contributed by atoms with E-state index in [0.717, 1.165) is 25.9 Å². The molecular formula is C23H25ClFN3O. The summed E-state index contributed by atoms with van der Waals surface area (Å²) in [6, 6.07) is 12.3. The van der Waals surface area contributed by atoms with E-state index in [1.807, 2.05) is 24.3 Å². The van der Waals surface area contributed by atoms with E-state index >= 15 is 0 Å². The first kappa shape index (κ1) is 20.0. The van der Waals surface area contributed by atoms with Crippen LogP contribution in [0, 0.1) is 11.7 Å². The lowest BCUT2D eigenvalue weighted by Gasteiger charge is -2.35. The highest BCUT2D eigenvalue weighted by molar-refractivity contribution is 6.31. The number of fused-ring (bicyclic) bond motifs is 1. The minimum atomic E-state index is -0.482. The molecule has 1 aromatic heterocycles. The SMILES string of the molecule is CC(C)N1CCC[C@H](Cn2c(-c3ccc(F)c(Cl)c3)nc3ccccc3c2=O)C1. The fourth-order valence-electron chi connectivity index (χ4n) is 4.17. The Morgan fingerprint density at radius 1 is 1.24 bits per heavy atom. The first-order chi connectivity index (χ1) is 13.9. The largest absolute Gasteiger partial charge is 0.301 e. The molecule has 29 heavy (non-hydrogen) atoms. The van der Waals surface area contributed by atoms with E-state index in [2.05, 4.69) is 18.7 Å². The minimum absolute atomic E-state index is 0.0279. The van der Waals surface area contributed by atoms with Crippen molar-refractivity contribution in [3.8, 4) is 11.4 Å². The second-order valence-electron chi connectivity index (χ2n) is 8.09. The van der Waals surface area contributed by atoms with Gasteiger partial charge in [0.05, 0.1) is 15.9 Å². The topological polar surface area (TPSA) is 38.1 Å². The van der Waals surface area contributed by atoms with E-state index < -0.39 is 5.82 Å². The number of halogens is 2. The Kier molecular flexibility index (Phi) is 5.70. The number of piperidine rings is 1. The van der Waals surface area contributed by atoms with Gasteiger partial charge in [0.25, 0.3) is 5.56 Å². The number of aromatic nitrogens is 2. The summed E-state index contributed by atoms with van der Waals surface area (Å²) < 4.78 is 15.5. The van der Waals surface area contributed by atoms with Crippen molar-refractivity contribution in [1.82, 2.24) is 14.5 Å². The van der Waals surface area contributed by atoms with E-state index in [1.54, 1.807) is 16.7 Å². The quantitative estimate of drug-likeness (QED) is 0.605. The molecule has 4 nitrogen and oxygen atoms in total. The van der Waals surface area contributed by atoms with Gasteiger partial charge in [0, 0.05) is 24.7 Å². The van der Waals surface area contributed by atoms with Gasteiger partial charge in [-0.1, -0.05) is 23.7 Å². The van der Waals surface area contributed by atoms with Gasteiger partial charge in [-0.3, -0.25) is 9.36 Å². The molecule has 1 aliphatic heterocycles. The highest BCUT2D eigenvalue weighted by Gasteiger charge is 2.24. The smallest absolute Gasteiger partial charge is 0.261 e. The van der Waals surface area contributed by atoms with E-state index in [0.29, 0.717) is 40.8 Å². The molecule has 2 heterocycles. The Morgan fingerprint density at radius 3 is 2.79 bits per heavy atom. The van der Waals surface area contributed by atoms with E-state index in [9.17, 15) is 9.18 Å². The second-order valence-corrected chi connectivity index (χ2v) is 8.50. The molecule has 0 spiro atoms. The summed E-state index contributed by atoms with van der Waals surface area (Å²) >= 11 is 6.02. The van der Waals surface area contributed by atoms with Crippen LogP contribution in [0.15, 0.2) is 47.3 Å². The highest BCUT2D eigenvalue weighted by atomic mass is 35.5. The molecule has 1 fully saturated rings. The molecular weight excluding hydrogens is 389 g/mol. The van der Waals surface area contributed by atoms with Gasteiger partial charge in [-0.15, -0.1) is 0 Å². The van der Waals surface area contributed by atoms with E-state index in [1.165, 1.54) is 6.07 Å². The van der Waals surface area contributed by atoms with Gasteiger partial charge in [0.2, 0.25) is 0 Å². The molecule has 3 aromatic rings. The maximum absolute atomic E-state index is 13.7. The summed E-state index contributed by atoms with van der Waals surface area (Å²) in [7, 11) is 0. The van der Waals surface area contributed by atoms with Crippen molar-refractivity contribution in [2.45, 2.75) is 39.3 Å². The molecule has 1 saturated heterocycles. The lowest BCUT2D eigenvalue weighted by molar-refractivity contribution is 0.130. The van der Waals surface area contributed by atoms with Gasteiger partial charge in [0.1, 0.15) is 11.6 Å². The molecule has 0 bridgehead atoms. The number of rotatable bonds is 4. The third-order valence-corrected chi connectivity index (χ3v) is 6.05. The van der Waals surface area contributed by atoms with Crippen LogP contribution < -0.4 is 5.56 Å². The van der Waals surface area contributed by atoms with Crippen LogP contribution in [0.5, 0.6) is 0 Å². The predicted molar refractivity (Wildman–Crippen MR) is 116 cm³/mol. The number of hydrogen-bond donors (Lipinski definition) is 0. The van der Waals surface area contributed by atoms with Crippen LogP contribution in [0.4, 0.5) is 4.39 Å². The summed E-state index contributed by atoms with van der Waals surface area (Å²) in [4.78, 5) is 20.6. The standard InChI is InChI=1S/C23H25ClFN3O/c1-15(2)27-11-5-6-16(13-27)14-28-22(17-9-10-20(25)19(24)12-17)26-21-8-4-3-7-18(21)23(28)29/h3-4,7-10,12,15-16H,5-6,11,13-14H2,1-2H3/t16-/m0/s1. The Labute approximate surface area is 174 Å². The Balaban J connectivity index is 1.81. The van der Waals surface area contributed by atoms with Crippen LogP contribution in [0.2, 0.25) is 5.02 Å². The maximum atomic E-state index is 13.7. The Morgan fingerprint density at radius 2 is 2.03 bits per heavy atom. The molecule has 0 N–H and O–H groups in total. The van der Waals surface area contributed by atoms with Gasteiger partial charge in [-0.25, -0.2) is 9.37 Å². The fourth-order valence-corrected chi connectivity index (χ4v) is 4.35. The molecule has 2 aromatic carbocycles. The van der Waals surface area contributed by atoms with Crippen LogP contribution >= 0.6 is 11.6 Å². The fraction of sp³-hybridized carbons (Fsp3) is 0.391. The van der Waals surface area contributed by atoms with Gasteiger partial charge < -0.3 is 4.90 Å². The molecule has 1 atom stereocenters. The zero-order valence-corrected chi connectivity index (χ0v) is 17.5. The number of nitrogens with zero attached hydrogens (tertiary/aromatic N) is 3. The molecule has 0 amide bonds. The minimum Gasteiger partial charge on any atom is -0.301 e. The maximum Gasteiger partial charge on any atom is 0.261 e. The van der Waals surface area contributed by atoms with E-state index in [4.69, 9.17) is 16.6 Å². The van der Waals surface area contributed by atoms with Crippen molar-refractivity contribution in [1.29, 1.82) is 0 Å². The third kappa shape index (κ3) is 4.07. The normalized spacial score (nSPS) is 17.9. The van der Waals surface area contributed by atoms with Crippen LogP contribution in [0.3, 0.4) is 0 Å². The van der Waals surface area contributed by atoms with Crippen LogP contribution in [-0.2, 0) is 6.54 Å². The molecule has 6 heteroatoms. The number of hydrogen-bond acceptors (Lipinski definition) is 3. The molecule has 0 saturated carbocycles. The monoisotopic (exact) mass is 413 g/mol. The van der Waals surface area contributed by atoms with Crippen molar-refractivity contribution in [3.05, 3.63) is 63.7 Å². The molecule has 0 radical (unpaired) electrons. The first-order valence-corrected chi connectivity index (χ1v) is 10.5. The van der Waals surface area contributed by atoms with Crippen LogP contribution in [-0.4, -0.2) is 33.6 Å². The third-order valence-electron chi connectivity index (χ3n) is 5.76. The Hall–Kier alpha value is -2.24. The number of likely N-dealkylation sites (tertiary alicyclic amines) is 1. The average molecular weight is 414 g/mol. The molecule has 0 aliphatic carbocycles. The van der Waals surface area contributed by atoms with Gasteiger partial charge in [-0.2, -0.15) is 0 Å². The second kappa shape index (κ2) is 8.25. The van der Waals surface area contributed by atoms with Crippen molar-refractivity contribution < 1.29 is 4.39 Å². The van der Waals surface area contributed by atoms with Crippen LogP contribution in [0.25, 0.3) is 22.3 Å². The Bertz CT molecular complexity index is 1100. The van der Waals surface area contributed by atoms with Gasteiger partial charge >= 0.3 is 0 Å². The summed E-state index contributed by atoms with van der Waals surface area (Å²) in [5.41, 5.74) is 1.22. The van der Waals surface area contributed by atoms with Crippen molar-refractivity contribution in [3.63, 3.8) is 0 Å². The average Bonchev–Trinajstić information content (AvgIpc) is 2.72. The molecule has 152 valence electrons.